The summed E-state index contributed by atoms with van der Waals surface area (Å²) >= 11 is 6.25. The van der Waals surface area contributed by atoms with Gasteiger partial charge in [-0.15, -0.1) is 0 Å². The quantitative estimate of drug-likeness (QED) is 0.210. The van der Waals surface area contributed by atoms with E-state index in [0.29, 0.717) is 30.1 Å². The van der Waals surface area contributed by atoms with Gasteiger partial charge in [0.2, 0.25) is 11.8 Å². The maximum atomic E-state index is 13.7. The number of urea groups is 1. The van der Waals surface area contributed by atoms with Crippen molar-refractivity contribution in [2.24, 2.45) is 5.92 Å². The second kappa shape index (κ2) is 17.6. The monoisotopic (exact) mass is 645 g/mol. The predicted molar refractivity (Wildman–Crippen MR) is 168 cm³/mol. The number of benzene rings is 2. The summed E-state index contributed by atoms with van der Waals surface area (Å²) in [4.78, 5) is 57.6. The van der Waals surface area contributed by atoms with Crippen LogP contribution in [-0.2, 0) is 27.2 Å². The normalized spacial score (nSPS) is 15.3. The zero-order valence-corrected chi connectivity index (χ0v) is 29.0. The van der Waals surface area contributed by atoms with Crippen molar-refractivity contribution in [3.05, 3.63) is 70.9 Å². The molecule has 2 aromatic carbocycles. The molecule has 0 spiro atoms. The molecular formula is C33H41ClN5NaO5. The zero-order valence-electron chi connectivity index (χ0n) is 26.2. The molecule has 1 saturated heterocycles. The number of aliphatic carboxylic acids is 1. The van der Waals surface area contributed by atoms with Crippen molar-refractivity contribution in [2.75, 3.05) is 13.1 Å². The first kappa shape index (κ1) is 36.4. The van der Waals surface area contributed by atoms with Crippen LogP contribution in [0.25, 0.3) is 10.9 Å². The third-order valence-corrected chi connectivity index (χ3v) is 8.30. The van der Waals surface area contributed by atoms with E-state index in [1.54, 1.807) is 35.4 Å². The molecule has 236 valence electrons. The van der Waals surface area contributed by atoms with Crippen LogP contribution in [0.4, 0.5) is 4.79 Å². The number of nitrogens with zero attached hydrogens (tertiary/aromatic N) is 1. The number of amides is 4. The Labute approximate surface area is 291 Å². The molecule has 4 rings (SSSR count). The number of likely N-dealkylation sites (tertiary alicyclic amines) is 1. The number of nitrogens with one attached hydrogen (secondary N) is 4. The number of aromatic nitrogens is 1. The van der Waals surface area contributed by atoms with Crippen LogP contribution in [0.15, 0.2) is 54.7 Å². The van der Waals surface area contributed by atoms with E-state index in [9.17, 15) is 24.3 Å². The Balaban J connectivity index is 0.00000552. The first-order chi connectivity index (χ1) is 21.1. The summed E-state index contributed by atoms with van der Waals surface area (Å²) in [6.45, 7) is 5.16. The number of para-hydroxylation sites is 1. The van der Waals surface area contributed by atoms with Gasteiger partial charge in [-0.3, -0.25) is 9.59 Å². The molecule has 2 heterocycles. The average molecular weight is 646 g/mol. The zero-order chi connectivity index (χ0) is 31.6. The molecule has 0 aliphatic carbocycles. The summed E-state index contributed by atoms with van der Waals surface area (Å²) in [6.07, 6.45) is 6.07. The van der Waals surface area contributed by atoms with E-state index in [4.69, 9.17) is 11.6 Å². The molecule has 0 bridgehead atoms. The molecule has 3 atom stereocenters. The summed E-state index contributed by atoms with van der Waals surface area (Å²) in [7, 11) is 0. The van der Waals surface area contributed by atoms with Crippen LogP contribution >= 0.6 is 11.6 Å². The average Bonchev–Trinajstić information content (AvgIpc) is 3.19. The van der Waals surface area contributed by atoms with Crippen molar-refractivity contribution in [1.29, 1.82) is 0 Å². The van der Waals surface area contributed by atoms with E-state index >= 15 is 0 Å². The molecule has 45 heavy (non-hydrogen) atoms. The van der Waals surface area contributed by atoms with Crippen LogP contribution in [0.3, 0.4) is 0 Å². The fourth-order valence-electron chi connectivity index (χ4n) is 5.57. The molecule has 0 radical (unpaired) electrons. The molecule has 0 unspecified atom stereocenters. The van der Waals surface area contributed by atoms with E-state index in [0.717, 1.165) is 42.1 Å². The Morgan fingerprint density at radius 2 is 1.42 bits per heavy atom. The maximum absolute atomic E-state index is 13.7. The summed E-state index contributed by atoms with van der Waals surface area (Å²) in [5.74, 6) is -2.60. The van der Waals surface area contributed by atoms with Crippen LogP contribution in [0.2, 0.25) is 5.02 Å². The van der Waals surface area contributed by atoms with Gasteiger partial charge in [0.05, 0.1) is 12.0 Å². The van der Waals surface area contributed by atoms with Gasteiger partial charge in [0.15, 0.2) is 0 Å². The van der Waals surface area contributed by atoms with Gasteiger partial charge in [0, 0.05) is 41.6 Å². The van der Waals surface area contributed by atoms with Crippen LogP contribution < -0.4 is 50.6 Å². The van der Waals surface area contributed by atoms with E-state index in [1.807, 2.05) is 38.1 Å². The first-order valence-electron chi connectivity index (χ1n) is 15.3. The number of carboxylic acids is 1. The van der Waals surface area contributed by atoms with Gasteiger partial charge in [-0.25, -0.2) is 4.79 Å². The number of aromatic amines is 1. The Morgan fingerprint density at radius 3 is 2.09 bits per heavy atom. The van der Waals surface area contributed by atoms with Gasteiger partial charge in [0.25, 0.3) is 0 Å². The first-order valence-corrected chi connectivity index (χ1v) is 15.7. The van der Waals surface area contributed by atoms with Crippen molar-refractivity contribution in [1.82, 2.24) is 25.8 Å². The van der Waals surface area contributed by atoms with E-state index < -0.39 is 35.9 Å². The molecule has 4 amide bonds. The largest absolute Gasteiger partial charge is 1.00 e. The second-order valence-corrected chi connectivity index (χ2v) is 12.2. The van der Waals surface area contributed by atoms with E-state index in [-0.39, 0.29) is 54.3 Å². The molecule has 1 aromatic heterocycles. The van der Waals surface area contributed by atoms with Gasteiger partial charge < -0.3 is 35.7 Å². The number of halogens is 1. The molecule has 1 fully saturated rings. The molecule has 4 N–H and O–H groups in total. The SMILES string of the molecule is CC(C)C[C@H](NC(=O)N1CCCCCC1)C(=O)N[C@H](Cc1c[nH]c2ccccc12)C(=O)N[C@H](Cc1ccccc1Cl)C(=O)[O-].[Na+]. The molecule has 1 aliphatic rings. The van der Waals surface area contributed by atoms with Gasteiger partial charge >= 0.3 is 35.6 Å². The predicted octanol–water partition coefficient (Wildman–Crippen LogP) is 0.330. The molecular weight excluding hydrogens is 605 g/mol. The van der Waals surface area contributed by atoms with Gasteiger partial charge in [-0.05, 0) is 54.9 Å². The van der Waals surface area contributed by atoms with Crippen molar-refractivity contribution in [2.45, 2.75) is 76.9 Å². The number of H-pyrrole nitrogens is 1. The van der Waals surface area contributed by atoms with E-state index in [2.05, 4.69) is 20.9 Å². The number of rotatable bonds is 12. The number of fused-ring (bicyclic) bond motifs is 1. The Kier molecular flexibility index (Phi) is 14.2. The molecule has 10 nitrogen and oxygen atoms in total. The Morgan fingerprint density at radius 1 is 0.822 bits per heavy atom. The minimum Gasteiger partial charge on any atom is -0.548 e. The van der Waals surface area contributed by atoms with Crippen molar-refractivity contribution in [3.8, 4) is 0 Å². The number of hydrogen-bond acceptors (Lipinski definition) is 5. The van der Waals surface area contributed by atoms with Crippen LogP contribution in [0.1, 0.15) is 57.1 Å². The standard InChI is InChI=1S/C33H42ClN5O5.Na/c1-21(2)17-27(38-33(44)39-15-9-3-4-10-16-39)30(40)36-28(19-23-20-35-26-14-8-6-12-24(23)26)31(41)37-29(32(42)43)18-22-11-5-7-13-25(22)34;/h5-8,11-14,20-21,27-29,35H,3-4,9-10,15-19H2,1-2H3,(H,36,40)(H,37,41)(H,38,44)(H,42,43);/q;+1/p-1/t27-,28+,29+;/m0./s1. The maximum Gasteiger partial charge on any atom is 1.00 e. The van der Waals surface area contributed by atoms with E-state index in [1.165, 1.54) is 0 Å². The summed E-state index contributed by atoms with van der Waals surface area (Å²) in [6, 6.07) is 10.6. The van der Waals surface area contributed by atoms with Crippen LogP contribution in [0.5, 0.6) is 0 Å². The molecule has 0 saturated carbocycles. The van der Waals surface area contributed by atoms with Gasteiger partial charge in [0.1, 0.15) is 12.1 Å². The number of hydrogen-bond donors (Lipinski definition) is 4. The van der Waals surface area contributed by atoms with Crippen LogP contribution in [-0.4, -0.2) is 64.9 Å². The second-order valence-electron chi connectivity index (χ2n) is 11.8. The smallest absolute Gasteiger partial charge is 0.548 e. The third-order valence-electron chi connectivity index (χ3n) is 7.93. The van der Waals surface area contributed by atoms with Crippen molar-refractivity contribution >= 4 is 46.3 Å². The molecule has 1 aliphatic heterocycles. The van der Waals surface area contributed by atoms with Crippen molar-refractivity contribution < 1.29 is 53.8 Å². The summed E-state index contributed by atoms with van der Waals surface area (Å²) in [5.41, 5.74) is 2.17. The molecule has 12 heteroatoms. The van der Waals surface area contributed by atoms with Gasteiger partial charge in [-0.1, -0.05) is 74.7 Å². The molecule has 3 aromatic rings. The van der Waals surface area contributed by atoms with Crippen LogP contribution in [0, 0.1) is 5.92 Å². The minimum absolute atomic E-state index is 0. The number of carbonyl (C=O) groups excluding carboxylic acids is 4. The number of carbonyl (C=O) groups is 4. The fourth-order valence-corrected chi connectivity index (χ4v) is 5.78. The third kappa shape index (κ3) is 10.5. The summed E-state index contributed by atoms with van der Waals surface area (Å²) < 4.78 is 0. The Bertz CT molecular complexity index is 1460. The number of carboxylic acid groups (broad SMARTS) is 1. The topological polar surface area (TPSA) is 146 Å². The Hall–Kier alpha value is -3.05. The van der Waals surface area contributed by atoms with Crippen molar-refractivity contribution in [3.63, 3.8) is 0 Å². The summed E-state index contributed by atoms with van der Waals surface area (Å²) in [5, 5.41) is 21.6. The van der Waals surface area contributed by atoms with Gasteiger partial charge in [-0.2, -0.15) is 0 Å². The minimum atomic E-state index is -1.47. The fraction of sp³-hybridized carbons (Fsp3) is 0.455.